The number of carbonyl (C=O) groups excluding carboxylic acids is 2. The van der Waals surface area contributed by atoms with Gasteiger partial charge >= 0.3 is 0 Å². The maximum atomic E-state index is 12.3. The van der Waals surface area contributed by atoms with Crippen LogP contribution < -0.4 is 0 Å². The van der Waals surface area contributed by atoms with Crippen LogP contribution in [0.15, 0.2) is 11.6 Å². The zero-order valence-corrected chi connectivity index (χ0v) is 14.9. The summed E-state index contributed by atoms with van der Waals surface area (Å²) in [6.07, 6.45) is 8.93. The molecule has 0 aromatic heterocycles. The number of Topliss-reactive ketones (excluding diaryl/α,β-unsaturated/α-hetero) is 1. The van der Waals surface area contributed by atoms with Crippen LogP contribution in [0.2, 0.25) is 0 Å². The summed E-state index contributed by atoms with van der Waals surface area (Å²) in [4.78, 5) is 22.9. The van der Waals surface area contributed by atoms with Gasteiger partial charge in [0.2, 0.25) is 0 Å². The van der Waals surface area contributed by atoms with E-state index in [0.29, 0.717) is 17.6 Å². The fourth-order valence-corrected chi connectivity index (χ4v) is 5.26. The first kappa shape index (κ1) is 17.4. The van der Waals surface area contributed by atoms with Gasteiger partial charge in [-0.25, -0.2) is 0 Å². The number of aldehydes is 1. The molecule has 0 heterocycles. The Morgan fingerprint density at radius 3 is 2.59 bits per heavy atom. The lowest BCUT2D eigenvalue weighted by molar-refractivity contribution is -0.148. The molecule has 2 rings (SSSR count). The molecule has 2 nitrogen and oxygen atoms in total. The van der Waals surface area contributed by atoms with Gasteiger partial charge in [-0.1, -0.05) is 33.3 Å². The fourth-order valence-electron chi connectivity index (χ4n) is 5.26. The van der Waals surface area contributed by atoms with E-state index in [9.17, 15) is 9.59 Å². The highest BCUT2D eigenvalue weighted by Crippen LogP contribution is 2.62. The van der Waals surface area contributed by atoms with Crippen LogP contribution in [0.1, 0.15) is 73.1 Å². The summed E-state index contributed by atoms with van der Waals surface area (Å²) in [6, 6.07) is 0. The lowest BCUT2D eigenvalue weighted by Gasteiger charge is -2.59. The van der Waals surface area contributed by atoms with E-state index < -0.39 is 0 Å². The molecule has 0 radical (unpaired) electrons. The Balaban J connectivity index is 2.26. The summed E-state index contributed by atoms with van der Waals surface area (Å²) >= 11 is 0. The third kappa shape index (κ3) is 2.81. The van der Waals surface area contributed by atoms with Crippen LogP contribution in [-0.2, 0) is 9.59 Å². The van der Waals surface area contributed by atoms with Crippen LogP contribution >= 0.6 is 0 Å². The van der Waals surface area contributed by atoms with Crippen molar-refractivity contribution in [2.24, 2.45) is 28.6 Å². The van der Waals surface area contributed by atoms with Crippen LogP contribution in [0.4, 0.5) is 0 Å². The summed E-state index contributed by atoms with van der Waals surface area (Å²) in [5, 5.41) is 0. The molecule has 2 saturated carbocycles. The molecule has 2 aliphatic carbocycles. The molecule has 0 bridgehead atoms. The molecule has 5 unspecified atom stereocenters. The van der Waals surface area contributed by atoms with Crippen LogP contribution in [0.3, 0.4) is 0 Å². The molecule has 0 saturated heterocycles. The van der Waals surface area contributed by atoms with Gasteiger partial charge in [-0.15, -0.1) is 0 Å². The maximum Gasteiger partial charge on any atom is 0.142 e. The largest absolute Gasteiger partial charge is 0.299 e. The Labute approximate surface area is 135 Å². The van der Waals surface area contributed by atoms with Crippen molar-refractivity contribution in [3.8, 4) is 0 Å². The van der Waals surface area contributed by atoms with Gasteiger partial charge in [0.25, 0.3) is 0 Å². The van der Waals surface area contributed by atoms with E-state index in [0.717, 1.165) is 32.0 Å². The summed E-state index contributed by atoms with van der Waals surface area (Å²) in [5.74, 6) is 1.98. The molecule has 124 valence electrons. The molecule has 0 amide bonds. The number of hydrogen-bond acceptors (Lipinski definition) is 2. The Bertz CT molecular complexity index is 478. The van der Waals surface area contributed by atoms with Crippen molar-refractivity contribution in [3.05, 3.63) is 11.6 Å². The van der Waals surface area contributed by atoms with Gasteiger partial charge in [0.1, 0.15) is 12.1 Å². The summed E-state index contributed by atoms with van der Waals surface area (Å²) < 4.78 is 0. The smallest absolute Gasteiger partial charge is 0.142 e. The van der Waals surface area contributed by atoms with Gasteiger partial charge in [-0.3, -0.25) is 9.59 Å². The first-order chi connectivity index (χ1) is 10.3. The second kappa shape index (κ2) is 6.29. The SMILES string of the molecule is CC(=CC=O)CCC1(C)C(C)CCC2(C)C(C)C(=O)CCC12. The Hall–Kier alpha value is -0.920. The summed E-state index contributed by atoms with van der Waals surface area (Å²) in [6.45, 7) is 11.4. The predicted octanol–water partition coefficient (Wildman–Crippen LogP) is 4.97. The highest BCUT2D eigenvalue weighted by Gasteiger charge is 2.56. The lowest BCUT2D eigenvalue weighted by atomic mass is 9.44. The molecule has 5 atom stereocenters. The number of rotatable bonds is 4. The van der Waals surface area contributed by atoms with Gasteiger partial charge in [0, 0.05) is 12.3 Å². The first-order valence-corrected chi connectivity index (χ1v) is 8.89. The van der Waals surface area contributed by atoms with Gasteiger partial charge < -0.3 is 0 Å². The standard InChI is InChI=1S/C20H32O2/c1-14(10-13-21)8-11-19(4)15(2)9-12-20(5)16(3)17(22)6-7-18(19)20/h10,13,15-16,18H,6-9,11-12H2,1-5H3. The Morgan fingerprint density at radius 1 is 1.27 bits per heavy atom. The molecule has 2 aliphatic rings. The molecular weight excluding hydrogens is 272 g/mol. The Kier molecular flexibility index (Phi) is 4.99. The van der Waals surface area contributed by atoms with Crippen LogP contribution in [0, 0.1) is 28.6 Å². The van der Waals surface area contributed by atoms with Crippen molar-refractivity contribution >= 4 is 12.1 Å². The van der Waals surface area contributed by atoms with E-state index in [1.54, 1.807) is 6.08 Å². The van der Waals surface area contributed by atoms with Crippen molar-refractivity contribution in [3.63, 3.8) is 0 Å². The second-order valence-corrected chi connectivity index (χ2v) is 8.38. The number of fused-ring (bicyclic) bond motifs is 1. The van der Waals surface area contributed by atoms with Crippen molar-refractivity contribution in [2.45, 2.75) is 73.1 Å². The first-order valence-electron chi connectivity index (χ1n) is 8.89. The number of allylic oxidation sites excluding steroid dienone is 2. The minimum Gasteiger partial charge on any atom is -0.299 e. The zero-order chi connectivity index (χ0) is 16.5. The average molecular weight is 304 g/mol. The van der Waals surface area contributed by atoms with E-state index in [-0.39, 0.29) is 16.7 Å². The molecule has 0 aliphatic heterocycles. The average Bonchev–Trinajstić information content (AvgIpc) is 2.47. The van der Waals surface area contributed by atoms with Gasteiger partial charge in [0.15, 0.2) is 0 Å². The zero-order valence-electron chi connectivity index (χ0n) is 14.9. The third-order valence-corrected chi connectivity index (χ3v) is 7.40. The molecular formula is C20H32O2. The van der Waals surface area contributed by atoms with Crippen molar-refractivity contribution in [1.29, 1.82) is 0 Å². The third-order valence-electron chi connectivity index (χ3n) is 7.40. The molecule has 0 aromatic rings. The normalized spacial score (nSPS) is 42.9. The number of hydrogen-bond donors (Lipinski definition) is 0. The van der Waals surface area contributed by atoms with Gasteiger partial charge in [-0.2, -0.15) is 0 Å². The molecule has 2 heteroatoms. The van der Waals surface area contributed by atoms with Crippen LogP contribution in [-0.4, -0.2) is 12.1 Å². The second-order valence-electron chi connectivity index (χ2n) is 8.38. The van der Waals surface area contributed by atoms with E-state index in [2.05, 4.69) is 34.6 Å². The van der Waals surface area contributed by atoms with Crippen LogP contribution in [0.5, 0.6) is 0 Å². The van der Waals surface area contributed by atoms with E-state index in [1.165, 1.54) is 18.4 Å². The quantitative estimate of drug-likeness (QED) is 0.543. The number of carbonyl (C=O) groups is 2. The van der Waals surface area contributed by atoms with E-state index >= 15 is 0 Å². The van der Waals surface area contributed by atoms with Crippen molar-refractivity contribution < 1.29 is 9.59 Å². The van der Waals surface area contributed by atoms with Crippen molar-refractivity contribution in [1.82, 2.24) is 0 Å². The summed E-state index contributed by atoms with van der Waals surface area (Å²) in [7, 11) is 0. The predicted molar refractivity (Wildman–Crippen MR) is 90.6 cm³/mol. The molecule has 0 N–H and O–H groups in total. The highest BCUT2D eigenvalue weighted by molar-refractivity contribution is 5.82. The maximum absolute atomic E-state index is 12.3. The minimum absolute atomic E-state index is 0.166. The molecule has 22 heavy (non-hydrogen) atoms. The summed E-state index contributed by atoms with van der Waals surface area (Å²) in [5.41, 5.74) is 1.62. The highest BCUT2D eigenvalue weighted by atomic mass is 16.1. The van der Waals surface area contributed by atoms with Crippen molar-refractivity contribution in [2.75, 3.05) is 0 Å². The van der Waals surface area contributed by atoms with Crippen LogP contribution in [0.25, 0.3) is 0 Å². The molecule has 2 fully saturated rings. The lowest BCUT2D eigenvalue weighted by Crippen LogP contribution is -2.54. The molecule has 0 spiro atoms. The van der Waals surface area contributed by atoms with Gasteiger partial charge in [-0.05, 0) is 67.8 Å². The van der Waals surface area contributed by atoms with E-state index in [1.807, 2.05) is 0 Å². The number of ketones is 1. The van der Waals surface area contributed by atoms with Gasteiger partial charge in [0.05, 0.1) is 0 Å². The fraction of sp³-hybridized carbons (Fsp3) is 0.800. The molecule has 0 aromatic carbocycles. The van der Waals surface area contributed by atoms with E-state index in [4.69, 9.17) is 0 Å². The topological polar surface area (TPSA) is 34.1 Å². The Morgan fingerprint density at radius 2 is 1.95 bits per heavy atom. The minimum atomic E-state index is 0.166. The monoisotopic (exact) mass is 304 g/mol.